The van der Waals surface area contributed by atoms with Gasteiger partial charge in [-0.3, -0.25) is 10.6 Å². The second kappa shape index (κ2) is 5.23. The van der Waals surface area contributed by atoms with Crippen LogP contribution < -0.4 is 5.06 Å². The zero-order valence-electron chi connectivity index (χ0n) is 10.5. The summed E-state index contributed by atoms with van der Waals surface area (Å²) >= 11 is 3.20. The molecule has 0 aliphatic rings. The van der Waals surface area contributed by atoms with E-state index in [1.165, 1.54) is 30.7 Å². The fourth-order valence-electron chi connectivity index (χ4n) is 1.93. The standard InChI is InChI=1S/C13H9BrFN5O/c14-7-1-2-9(15)10(5-7)20(21)12(16)8-3-4-17-13-11(8)18-6-19-13/h1-6,16,21H,(H,17,18,19). The Balaban J connectivity index is 2.05. The second-order valence-corrected chi connectivity index (χ2v) is 5.13. The highest BCUT2D eigenvalue weighted by Crippen LogP contribution is 2.25. The van der Waals surface area contributed by atoms with Crippen molar-refractivity contribution in [3.8, 4) is 0 Å². The molecule has 0 bridgehead atoms. The minimum atomic E-state index is -0.639. The van der Waals surface area contributed by atoms with E-state index in [1.807, 2.05) is 0 Å². The molecule has 0 atom stereocenters. The number of hydrogen-bond acceptors (Lipinski definition) is 4. The summed E-state index contributed by atoms with van der Waals surface area (Å²) in [5, 5.41) is 18.7. The molecule has 2 heterocycles. The molecule has 3 N–H and O–H groups in total. The molecule has 0 saturated heterocycles. The molecule has 3 aromatic rings. The predicted octanol–water partition coefficient (Wildman–Crippen LogP) is 3.08. The molecule has 8 heteroatoms. The lowest BCUT2D eigenvalue weighted by Gasteiger charge is -2.18. The van der Waals surface area contributed by atoms with Crippen molar-refractivity contribution >= 4 is 38.6 Å². The van der Waals surface area contributed by atoms with E-state index in [4.69, 9.17) is 5.41 Å². The van der Waals surface area contributed by atoms with Crippen molar-refractivity contribution < 1.29 is 9.60 Å². The molecule has 0 radical (unpaired) electrons. The Morgan fingerprint density at radius 2 is 2.14 bits per heavy atom. The number of H-pyrrole nitrogens is 1. The first kappa shape index (κ1) is 13.7. The van der Waals surface area contributed by atoms with Gasteiger partial charge in [0, 0.05) is 16.2 Å². The SMILES string of the molecule is N=C(c1ccnc2nc[nH]c12)N(O)c1cc(Br)ccc1F. The van der Waals surface area contributed by atoms with Crippen molar-refractivity contribution in [3.05, 3.63) is 52.6 Å². The van der Waals surface area contributed by atoms with Gasteiger partial charge >= 0.3 is 0 Å². The second-order valence-electron chi connectivity index (χ2n) is 4.22. The number of amidine groups is 1. The molecule has 0 aliphatic heterocycles. The van der Waals surface area contributed by atoms with Crippen molar-refractivity contribution in [2.45, 2.75) is 0 Å². The third kappa shape index (κ3) is 2.39. The van der Waals surface area contributed by atoms with E-state index in [0.717, 1.165) is 0 Å². The fraction of sp³-hybridized carbons (Fsp3) is 0. The van der Waals surface area contributed by atoms with Gasteiger partial charge in [-0.05, 0) is 24.3 Å². The number of pyridine rings is 1. The summed E-state index contributed by atoms with van der Waals surface area (Å²) < 4.78 is 14.4. The van der Waals surface area contributed by atoms with Crippen LogP contribution in [-0.4, -0.2) is 26.0 Å². The van der Waals surface area contributed by atoms with Crippen LogP contribution in [0.4, 0.5) is 10.1 Å². The number of fused-ring (bicyclic) bond motifs is 1. The van der Waals surface area contributed by atoms with E-state index in [2.05, 4.69) is 30.9 Å². The smallest absolute Gasteiger partial charge is 0.178 e. The minimum absolute atomic E-state index is 0.126. The fourth-order valence-corrected chi connectivity index (χ4v) is 2.28. The topological polar surface area (TPSA) is 88.9 Å². The largest absolute Gasteiger partial charge is 0.343 e. The van der Waals surface area contributed by atoms with Gasteiger partial charge in [-0.15, -0.1) is 0 Å². The van der Waals surface area contributed by atoms with Crippen molar-refractivity contribution in [2.75, 3.05) is 5.06 Å². The Morgan fingerprint density at radius 1 is 1.33 bits per heavy atom. The van der Waals surface area contributed by atoms with Crippen LogP contribution in [0.2, 0.25) is 0 Å². The Hall–Kier alpha value is -2.32. The molecule has 0 aliphatic carbocycles. The van der Waals surface area contributed by atoms with Crippen LogP contribution in [0.1, 0.15) is 5.56 Å². The average molecular weight is 350 g/mol. The summed E-state index contributed by atoms with van der Waals surface area (Å²) in [6.07, 6.45) is 2.91. The summed E-state index contributed by atoms with van der Waals surface area (Å²) in [6.45, 7) is 0. The van der Waals surface area contributed by atoms with E-state index < -0.39 is 5.82 Å². The number of halogens is 2. The molecule has 0 fully saturated rings. The summed E-state index contributed by atoms with van der Waals surface area (Å²) in [4.78, 5) is 10.9. The molecule has 0 saturated carbocycles. The first-order valence-corrected chi connectivity index (χ1v) is 6.68. The maximum absolute atomic E-state index is 13.8. The highest BCUT2D eigenvalue weighted by molar-refractivity contribution is 9.10. The van der Waals surface area contributed by atoms with Crippen molar-refractivity contribution in [3.63, 3.8) is 0 Å². The molecule has 6 nitrogen and oxygen atoms in total. The number of hydroxylamine groups is 1. The molecule has 0 unspecified atom stereocenters. The minimum Gasteiger partial charge on any atom is -0.343 e. The van der Waals surface area contributed by atoms with E-state index in [1.54, 1.807) is 6.07 Å². The average Bonchev–Trinajstić information content (AvgIpc) is 2.96. The molecule has 3 rings (SSSR count). The molecule has 106 valence electrons. The van der Waals surface area contributed by atoms with Crippen molar-refractivity contribution in [1.82, 2.24) is 15.0 Å². The lowest BCUT2D eigenvalue weighted by atomic mass is 10.2. The lowest BCUT2D eigenvalue weighted by Crippen LogP contribution is -2.28. The maximum Gasteiger partial charge on any atom is 0.178 e. The normalized spacial score (nSPS) is 10.8. The van der Waals surface area contributed by atoms with Gasteiger partial charge in [-0.25, -0.2) is 19.4 Å². The van der Waals surface area contributed by atoms with Gasteiger partial charge in [0.05, 0.1) is 11.8 Å². The number of hydrogen-bond donors (Lipinski definition) is 3. The zero-order valence-corrected chi connectivity index (χ0v) is 12.1. The number of aromatic nitrogens is 3. The molecule has 1 aromatic carbocycles. The van der Waals surface area contributed by atoms with Gasteiger partial charge in [0.2, 0.25) is 0 Å². The monoisotopic (exact) mass is 349 g/mol. The lowest BCUT2D eigenvalue weighted by molar-refractivity contribution is 0.307. The Kier molecular flexibility index (Phi) is 3.40. The van der Waals surface area contributed by atoms with Gasteiger partial charge in [0.1, 0.15) is 11.5 Å². The van der Waals surface area contributed by atoms with Crippen LogP contribution in [0.25, 0.3) is 11.2 Å². The van der Waals surface area contributed by atoms with Crippen molar-refractivity contribution in [1.29, 1.82) is 5.41 Å². The van der Waals surface area contributed by atoms with Crippen LogP contribution in [-0.2, 0) is 0 Å². The number of aromatic amines is 1. The molecule has 0 amide bonds. The Labute approximate surface area is 126 Å². The number of rotatable bonds is 2. The van der Waals surface area contributed by atoms with Gasteiger partial charge in [0.15, 0.2) is 11.5 Å². The summed E-state index contributed by atoms with van der Waals surface area (Å²) in [5.41, 5.74) is 1.15. The van der Waals surface area contributed by atoms with Crippen LogP contribution in [0.15, 0.2) is 41.3 Å². The third-order valence-electron chi connectivity index (χ3n) is 2.93. The molecule has 2 aromatic heterocycles. The highest BCUT2D eigenvalue weighted by atomic mass is 79.9. The summed E-state index contributed by atoms with van der Waals surface area (Å²) in [5.74, 6) is -0.927. The number of benzene rings is 1. The van der Waals surface area contributed by atoms with Crippen LogP contribution >= 0.6 is 15.9 Å². The quantitative estimate of drug-likeness (QED) is 0.376. The first-order valence-electron chi connectivity index (χ1n) is 5.89. The number of nitrogens with one attached hydrogen (secondary N) is 2. The third-order valence-corrected chi connectivity index (χ3v) is 3.42. The van der Waals surface area contributed by atoms with Crippen LogP contribution in [0, 0.1) is 11.2 Å². The van der Waals surface area contributed by atoms with E-state index >= 15 is 0 Å². The van der Waals surface area contributed by atoms with Gasteiger partial charge in [0.25, 0.3) is 0 Å². The van der Waals surface area contributed by atoms with Crippen LogP contribution in [0.3, 0.4) is 0 Å². The number of imidazole rings is 1. The van der Waals surface area contributed by atoms with E-state index in [0.29, 0.717) is 26.3 Å². The van der Waals surface area contributed by atoms with Gasteiger partial charge in [-0.2, -0.15) is 0 Å². The molecular formula is C13H9BrFN5O. The van der Waals surface area contributed by atoms with E-state index in [9.17, 15) is 9.60 Å². The Bertz CT molecular complexity index is 834. The summed E-state index contributed by atoms with van der Waals surface area (Å²) in [6, 6.07) is 5.64. The summed E-state index contributed by atoms with van der Waals surface area (Å²) in [7, 11) is 0. The van der Waals surface area contributed by atoms with Crippen LogP contribution in [0.5, 0.6) is 0 Å². The molecular weight excluding hydrogens is 341 g/mol. The number of nitrogens with zero attached hydrogens (tertiary/aromatic N) is 3. The van der Waals surface area contributed by atoms with Gasteiger partial charge in [-0.1, -0.05) is 15.9 Å². The first-order chi connectivity index (χ1) is 10.1. The zero-order chi connectivity index (χ0) is 15.0. The molecule has 21 heavy (non-hydrogen) atoms. The van der Waals surface area contributed by atoms with Crippen molar-refractivity contribution in [2.24, 2.45) is 0 Å². The Morgan fingerprint density at radius 3 is 2.95 bits per heavy atom. The maximum atomic E-state index is 13.8. The van der Waals surface area contributed by atoms with Gasteiger partial charge < -0.3 is 4.98 Å². The molecule has 0 spiro atoms. The number of anilines is 1. The highest BCUT2D eigenvalue weighted by Gasteiger charge is 2.19. The predicted molar refractivity (Wildman–Crippen MR) is 79.1 cm³/mol. The van der Waals surface area contributed by atoms with E-state index in [-0.39, 0.29) is 11.5 Å².